The van der Waals surface area contributed by atoms with Gasteiger partial charge < -0.3 is 10.1 Å². The number of nitrogens with one attached hydrogen (secondary N) is 2. The summed E-state index contributed by atoms with van der Waals surface area (Å²) in [4.78, 5) is 3.99. The Labute approximate surface area is 137 Å². The van der Waals surface area contributed by atoms with Crippen LogP contribution < -0.4 is 10.1 Å². The molecule has 118 valence electrons. The molecular weight excluding hydrogens is 319 g/mol. The molecule has 0 aliphatic rings. The molecule has 0 bridgehead atoms. The lowest BCUT2D eigenvalue weighted by molar-refractivity contribution is 0.297. The van der Waals surface area contributed by atoms with Gasteiger partial charge in [-0.05, 0) is 24.3 Å². The average molecular weight is 333 g/mol. The topological polar surface area (TPSA) is 62.8 Å². The number of halogens is 2. The van der Waals surface area contributed by atoms with Crippen molar-refractivity contribution in [3.05, 3.63) is 70.8 Å². The van der Waals surface area contributed by atoms with E-state index in [1.54, 1.807) is 36.4 Å². The fraction of sp³-hybridized carbons (Fsp3) is 0.125. The molecule has 0 fully saturated rings. The lowest BCUT2D eigenvalue weighted by Gasteiger charge is -2.12. The molecule has 7 heteroatoms. The van der Waals surface area contributed by atoms with Crippen LogP contribution in [0.1, 0.15) is 11.1 Å². The van der Waals surface area contributed by atoms with Crippen LogP contribution in [0.3, 0.4) is 0 Å². The predicted octanol–water partition coefficient (Wildman–Crippen LogP) is 3.79. The van der Waals surface area contributed by atoms with Gasteiger partial charge >= 0.3 is 0 Å². The van der Waals surface area contributed by atoms with Gasteiger partial charge in [0, 0.05) is 22.7 Å². The SMILES string of the molecule is Fc1ccccc1COc1ccc(Cl)cc1CNc1nc[nH]n1. The van der Waals surface area contributed by atoms with Crippen molar-refractivity contribution in [1.82, 2.24) is 15.2 Å². The van der Waals surface area contributed by atoms with Crippen molar-refractivity contribution in [2.45, 2.75) is 13.2 Å². The Morgan fingerprint density at radius 2 is 2.04 bits per heavy atom. The smallest absolute Gasteiger partial charge is 0.242 e. The van der Waals surface area contributed by atoms with Crippen LogP contribution in [0.15, 0.2) is 48.8 Å². The first-order chi connectivity index (χ1) is 11.2. The number of hydrogen-bond acceptors (Lipinski definition) is 4. The Hall–Kier alpha value is -2.60. The Balaban J connectivity index is 1.72. The second-order valence-corrected chi connectivity index (χ2v) is 5.24. The number of ether oxygens (including phenoxy) is 1. The van der Waals surface area contributed by atoms with Crippen LogP contribution >= 0.6 is 11.6 Å². The highest BCUT2D eigenvalue weighted by molar-refractivity contribution is 6.30. The van der Waals surface area contributed by atoms with Gasteiger partial charge in [0.1, 0.15) is 24.5 Å². The Morgan fingerprint density at radius 3 is 2.83 bits per heavy atom. The zero-order chi connectivity index (χ0) is 16.1. The van der Waals surface area contributed by atoms with E-state index in [9.17, 15) is 4.39 Å². The third-order valence-corrected chi connectivity index (χ3v) is 3.45. The fourth-order valence-electron chi connectivity index (χ4n) is 2.07. The highest BCUT2D eigenvalue weighted by Gasteiger charge is 2.08. The number of anilines is 1. The number of aromatic amines is 1. The number of aromatic nitrogens is 3. The maximum Gasteiger partial charge on any atom is 0.242 e. The molecule has 3 rings (SSSR count). The minimum Gasteiger partial charge on any atom is -0.488 e. The monoisotopic (exact) mass is 332 g/mol. The third kappa shape index (κ3) is 3.98. The van der Waals surface area contributed by atoms with E-state index in [0.29, 0.717) is 28.8 Å². The van der Waals surface area contributed by atoms with Gasteiger partial charge in [-0.15, -0.1) is 5.10 Å². The molecule has 0 amide bonds. The van der Waals surface area contributed by atoms with Crippen molar-refractivity contribution in [3.63, 3.8) is 0 Å². The highest BCUT2D eigenvalue weighted by atomic mass is 35.5. The molecule has 0 unspecified atom stereocenters. The molecular formula is C16H14ClFN4O. The minimum atomic E-state index is -0.290. The summed E-state index contributed by atoms with van der Waals surface area (Å²) in [5, 5.41) is 10.2. The number of hydrogen-bond donors (Lipinski definition) is 2. The van der Waals surface area contributed by atoms with Crippen molar-refractivity contribution >= 4 is 17.5 Å². The lowest BCUT2D eigenvalue weighted by atomic mass is 10.2. The Morgan fingerprint density at radius 1 is 1.17 bits per heavy atom. The van der Waals surface area contributed by atoms with E-state index >= 15 is 0 Å². The van der Waals surface area contributed by atoms with Gasteiger partial charge in [-0.2, -0.15) is 0 Å². The summed E-state index contributed by atoms with van der Waals surface area (Å²) in [5.74, 6) is 0.813. The van der Waals surface area contributed by atoms with Crippen molar-refractivity contribution in [1.29, 1.82) is 0 Å². The first-order valence-electron chi connectivity index (χ1n) is 6.96. The Bertz CT molecular complexity index is 780. The summed E-state index contributed by atoms with van der Waals surface area (Å²) in [6.07, 6.45) is 1.48. The van der Waals surface area contributed by atoms with E-state index in [1.165, 1.54) is 12.4 Å². The number of benzene rings is 2. The van der Waals surface area contributed by atoms with E-state index in [1.807, 2.05) is 0 Å². The van der Waals surface area contributed by atoms with E-state index in [4.69, 9.17) is 16.3 Å². The zero-order valence-electron chi connectivity index (χ0n) is 12.1. The molecule has 0 spiro atoms. The summed E-state index contributed by atoms with van der Waals surface area (Å²) in [6, 6.07) is 11.8. The molecule has 1 aromatic heterocycles. The lowest BCUT2D eigenvalue weighted by Crippen LogP contribution is -2.05. The molecule has 0 saturated carbocycles. The van der Waals surface area contributed by atoms with Crippen molar-refractivity contribution in [3.8, 4) is 5.75 Å². The largest absolute Gasteiger partial charge is 0.488 e. The van der Waals surface area contributed by atoms with Crippen molar-refractivity contribution < 1.29 is 9.13 Å². The van der Waals surface area contributed by atoms with Gasteiger partial charge in [0.05, 0.1) is 0 Å². The highest BCUT2D eigenvalue weighted by Crippen LogP contribution is 2.25. The maximum absolute atomic E-state index is 13.7. The molecule has 0 aliphatic heterocycles. The van der Waals surface area contributed by atoms with Crippen LogP contribution in [-0.4, -0.2) is 15.2 Å². The standard InChI is InChI=1S/C16H14ClFN4O/c17-13-5-6-15(23-9-11-3-1-2-4-14(11)18)12(7-13)8-19-16-20-10-21-22-16/h1-7,10H,8-9H2,(H2,19,20,21,22). The first kappa shape index (κ1) is 15.3. The predicted molar refractivity (Wildman–Crippen MR) is 85.9 cm³/mol. The molecule has 23 heavy (non-hydrogen) atoms. The van der Waals surface area contributed by atoms with Crippen LogP contribution in [-0.2, 0) is 13.2 Å². The number of rotatable bonds is 6. The zero-order valence-corrected chi connectivity index (χ0v) is 12.8. The summed E-state index contributed by atoms with van der Waals surface area (Å²) >= 11 is 6.04. The van der Waals surface area contributed by atoms with E-state index in [2.05, 4.69) is 20.5 Å². The van der Waals surface area contributed by atoms with Crippen molar-refractivity contribution in [2.24, 2.45) is 0 Å². The van der Waals surface area contributed by atoms with E-state index < -0.39 is 0 Å². The molecule has 3 aromatic rings. The van der Waals surface area contributed by atoms with E-state index in [-0.39, 0.29) is 12.4 Å². The third-order valence-electron chi connectivity index (χ3n) is 3.22. The van der Waals surface area contributed by atoms with Crippen molar-refractivity contribution in [2.75, 3.05) is 5.32 Å². The van der Waals surface area contributed by atoms with Gasteiger partial charge in [0.25, 0.3) is 0 Å². The molecule has 2 N–H and O–H groups in total. The van der Waals surface area contributed by atoms with Gasteiger partial charge in [-0.25, -0.2) is 9.37 Å². The first-order valence-corrected chi connectivity index (χ1v) is 7.34. The molecule has 0 saturated heterocycles. The number of H-pyrrole nitrogens is 1. The second-order valence-electron chi connectivity index (χ2n) is 4.81. The minimum absolute atomic E-state index is 0.141. The van der Waals surface area contributed by atoms with Gasteiger partial charge in [0.15, 0.2) is 0 Å². The normalized spacial score (nSPS) is 10.5. The quantitative estimate of drug-likeness (QED) is 0.721. The molecule has 2 aromatic carbocycles. The molecule has 0 aliphatic carbocycles. The van der Waals surface area contributed by atoms with Crippen LogP contribution in [0.2, 0.25) is 5.02 Å². The average Bonchev–Trinajstić information content (AvgIpc) is 3.07. The van der Waals surface area contributed by atoms with Crippen LogP contribution in [0.25, 0.3) is 0 Å². The maximum atomic E-state index is 13.7. The van der Waals surface area contributed by atoms with Gasteiger partial charge in [0.2, 0.25) is 5.95 Å². The summed E-state index contributed by atoms with van der Waals surface area (Å²) in [6.45, 7) is 0.576. The molecule has 1 heterocycles. The fourth-order valence-corrected chi connectivity index (χ4v) is 2.26. The molecule has 0 atom stereocenters. The Kier molecular flexibility index (Phi) is 4.73. The summed E-state index contributed by atoms with van der Waals surface area (Å²) < 4.78 is 19.4. The number of nitrogens with zero attached hydrogens (tertiary/aromatic N) is 2. The van der Waals surface area contributed by atoms with Gasteiger partial charge in [-0.1, -0.05) is 29.8 Å². The molecule has 0 radical (unpaired) electrons. The van der Waals surface area contributed by atoms with Crippen LogP contribution in [0, 0.1) is 5.82 Å². The summed E-state index contributed by atoms with van der Waals surface area (Å²) in [7, 11) is 0. The summed E-state index contributed by atoms with van der Waals surface area (Å²) in [5.41, 5.74) is 1.33. The van der Waals surface area contributed by atoms with E-state index in [0.717, 1.165) is 5.56 Å². The van der Waals surface area contributed by atoms with Gasteiger partial charge in [-0.3, -0.25) is 5.10 Å². The van der Waals surface area contributed by atoms with Crippen LogP contribution in [0.5, 0.6) is 5.75 Å². The second kappa shape index (κ2) is 7.11. The molecule has 5 nitrogen and oxygen atoms in total. The van der Waals surface area contributed by atoms with Crippen LogP contribution in [0.4, 0.5) is 10.3 Å².